The summed E-state index contributed by atoms with van der Waals surface area (Å²) >= 11 is 0. The van der Waals surface area contributed by atoms with E-state index in [-0.39, 0.29) is 45.9 Å². The number of nitrogens with two attached hydrogens (primary N) is 1. The van der Waals surface area contributed by atoms with Gasteiger partial charge in [-0.1, -0.05) is 25.8 Å². The van der Waals surface area contributed by atoms with E-state index in [1.54, 1.807) is 12.1 Å². The van der Waals surface area contributed by atoms with Crippen LogP contribution in [0.2, 0.25) is 0 Å². The van der Waals surface area contributed by atoms with Gasteiger partial charge in [0.1, 0.15) is 41.0 Å². The van der Waals surface area contributed by atoms with Crippen molar-refractivity contribution in [3.05, 3.63) is 41.1 Å². The number of rotatable bonds is 4. The number of ether oxygens (including phenoxy) is 1. The smallest absolute Gasteiger partial charge is 0.319 e. The highest BCUT2D eigenvalue weighted by Gasteiger charge is 2.45. The third kappa shape index (κ3) is 4.99. The Balaban J connectivity index is 0.00000166. The lowest BCUT2D eigenvalue weighted by molar-refractivity contribution is 0.108. The first-order valence-corrected chi connectivity index (χ1v) is 16.6. The van der Waals surface area contributed by atoms with Gasteiger partial charge in [-0.3, -0.25) is 4.90 Å². The number of benzene rings is 1. The first-order chi connectivity index (χ1) is 22.5. The lowest BCUT2D eigenvalue weighted by Gasteiger charge is -2.39. The van der Waals surface area contributed by atoms with Crippen LogP contribution >= 0.6 is 0 Å². The zero-order chi connectivity index (χ0) is 32.0. The standard InChI is InChI=1S/C33H34F2N8O.C2H6/c1-2-21-22(34)9-8-19-16-24(36)39-29(25(19)21)30-27(35)28-26-23(38-30)7-3-6-20-17-37-12-15-43(20)31(26)41-32(40-28)44-18-33-10-4-13-42(33)14-5-11-33;1-2/h1,8-9,16,20,37H,3-7,10-15,17-18H2,(H2,36,39);1-2H3. The van der Waals surface area contributed by atoms with E-state index in [1.165, 1.54) is 6.07 Å². The Morgan fingerprint density at radius 2 is 1.85 bits per heavy atom. The van der Waals surface area contributed by atoms with Crippen molar-refractivity contribution < 1.29 is 13.5 Å². The fourth-order valence-electron chi connectivity index (χ4n) is 7.94. The predicted molar refractivity (Wildman–Crippen MR) is 177 cm³/mol. The van der Waals surface area contributed by atoms with Crippen LogP contribution in [0.15, 0.2) is 18.2 Å². The summed E-state index contributed by atoms with van der Waals surface area (Å²) < 4.78 is 38.3. The van der Waals surface area contributed by atoms with Crippen molar-refractivity contribution in [1.82, 2.24) is 30.2 Å². The van der Waals surface area contributed by atoms with Crippen molar-refractivity contribution >= 4 is 33.3 Å². The van der Waals surface area contributed by atoms with Gasteiger partial charge in [0.2, 0.25) is 0 Å². The quantitative estimate of drug-likeness (QED) is 0.295. The van der Waals surface area contributed by atoms with Crippen LogP contribution in [-0.2, 0) is 6.42 Å². The van der Waals surface area contributed by atoms with E-state index in [9.17, 15) is 4.39 Å². The van der Waals surface area contributed by atoms with Gasteiger partial charge in [-0.25, -0.2) is 18.7 Å². The highest BCUT2D eigenvalue weighted by atomic mass is 19.1. The molecule has 0 bridgehead atoms. The molecule has 4 aliphatic rings. The molecule has 3 aromatic heterocycles. The van der Waals surface area contributed by atoms with Gasteiger partial charge in [-0.15, -0.1) is 6.42 Å². The predicted octanol–water partition coefficient (Wildman–Crippen LogP) is 5.23. The Labute approximate surface area is 268 Å². The number of nitrogen functional groups attached to an aromatic ring is 1. The topological polar surface area (TPSA) is 105 Å². The number of anilines is 2. The Bertz CT molecular complexity index is 1850. The van der Waals surface area contributed by atoms with Crippen LogP contribution in [0.1, 0.15) is 63.6 Å². The highest BCUT2D eigenvalue weighted by molar-refractivity contribution is 6.02. The van der Waals surface area contributed by atoms with Gasteiger partial charge in [-0.05, 0) is 75.6 Å². The summed E-state index contributed by atoms with van der Waals surface area (Å²) in [6.07, 6.45) is 12.5. The first kappa shape index (κ1) is 30.5. The van der Waals surface area contributed by atoms with Crippen LogP contribution in [0.5, 0.6) is 6.01 Å². The Kier molecular flexibility index (Phi) is 8.11. The van der Waals surface area contributed by atoms with E-state index >= 15 is 4.39 Å². The second kappa shape index (κ2) is 12.2. The molecule has 0 spiro atoms. The van der Waals surface area contributed by atoms with E-state index in [4.69, 9.17) is 31.8 Å². The van der Waals surface area contributed by atoms with Crippen LogP contribution in [0, 0.1) is 24.0 Å². The lowest BCUT2D eigenvalue weighted by Crippen LogP contribution is -2.52. The summed E-state index contributed by atoms with van der Waals surface area (Å²) in [6, 6.07) is 4.82. The summed E-state index contributed by atoms with van der Waals surface area (Å²) in [7, 11) is 0. The second-order valence-electron chi connectivity index (χ2n) is 12.5. The Morgan fingerprint density at radius 1 is 1.04 bits per heavy atom. The number of pyridine rings is 2. The highest BCUT2D eigenvalue weighted by Crippen LogP contribution is 2.42. The number of nitrogens with one attached hydrogen (secondary N) is 1. The number of hydrogen-bond acceptors (Lipinski definition) is 9. The third-order valence-corrected chi connectivity index (χ3v) is 10.0. The van der Waals surface area contributed by atoms with Crippen LogP contribution in [0.3, 0.4) is 0 Å². The maximum Gasteiger partial charge on any atom is 0.319 e. The fourth-order valence-corrected chi connectivity index (χ4v) is 7.94. The molecule has 4 aromatic rings. The molecule has 0 saturated carbocycles. The number of halogens is 2. The van der Waals surface area contributed by atoms with Crippen LogP contribution in [-0.4, -0.2) is 75.7 Å². The third-order valence-electron chi connectivity index (χ3n) is 10.0. The lowest BCUT2D eigenvalue weighted by atomic mass is 9.95. The van der Waals surface area contributed by atoms with Crippen molar-refractivity contribution in [2.75, 3.05) is 50.0 Å². The zero-order valence-electron chi connectivity index (χ0n) is 26.5. The zero-order valence-corrected chi connectivity index (χ0v) is 26.5. The summed E-state index contributed by atoms with van der Waals surface area (Å²) in [5.41, 5.74) is 6.97. The molecule has 0 radical (unpaired) electrons. The maximum atomic E-state index is 17.0. The average molecular weight is 627 g/mol. The molecule has 1 atom stereocenters. The SMILES string of the molecule is C#Cc1c(F)ccc2cc(N)nc(-c3nc4c5c(nc(OCC67CCCN6CCC7)nc5c3F)N3CCNCC3CCC4)c12.CC. The number of hydrogen-bond donors (Lipinski definition) is 2. The number of aryl methyl sites for hydroxylation is 1. The summed E-state index contributed by atoms with van der Waals surface area (Å²) in [4.78, 5) is 23.8. The molecule has 46 heavy (non-hydrogen) atoms. The number of aromatic nitrogens is 4. The minimum absolute atomic E-state index is 0.0121. The minimum Gasteiger partial charge on any atom is -0.461 e. The van der Waals surface area contributed by atoms with Crippen LogP contribution in [0.4, 0.5) is 20.4 Å². The summed E-state index contributed by atoms with van der Waals surface area (Å²) in [5.74, 6) is 1.95. The van der Waals surface area contributed by atoms with Crippen molar-refractivity contribution in [1.29, 1.82) is 0 Å². The second-order valence-corrected chi connectivity index (χ2v) is 12.5. The normalized spacial score (nSPS) is 20.3. The van der Waals surface area contributed by atoms with Gasteiger partial charge in [0.25, 0.3) is 0 Å². The molecule has 1 aromatic carbocycles. The largest absolute Gasteiger partial charge is 0.461 e. The molecular formula is C35H40F2N8O. The van der Waals surface area contributed by atoms with Crippen molar-refractivity contribution in [3.8, 4) is 29.7 Å². The number of nitrogens with zero attached hydrogens (tertiary/aromatic N) is 6. The molecule has 1 unspecified atom stereocenters. The molecule has 4 aliphatic heterocycles. The van der Waals surface area contributed by atoms with Gasteiger partial charge < -0.3 is 20.7 Å². The number of fused-ring (bicyclic) bond motifs is 4. The van der Waals surface area contributed by atoms with Gasteiger partial charge in [0, 0.05) is 31.1 Å². The monoisotopic (exact) mass is 626 g/mol. The first-order valence-electron chi connectivity index (χ1n) is 16.6. The molecule has 9 nitrogen and oxygen atoms in total. The van der Waals surface area contributed by atoms with Gasteiger partial charge in [0.05, 0.1) is 22.2 Å². The molecule has 3 saturated heterocycles. The summed E-state index contributed by atoms with van der Waals surface area (Å²) in [5, 5.41) is 4.92. The summed E-state index contributed by atoms with van der Waals surface area (Å²) in [6.45, 7) is 8.95. The van der Waals surface area contributed by atoms with E-state index in [2.05, 4.69) is 26.0 Å². The molecule has 0 amide bonds. The Morgan fingerprint density at radius 3 is 2.63 bits per heavy atom. The Hall–Kier alpha value is -4.14. The van der Waals surface area contributed by atoms with Crippen LogP contribution < -0.4 is 20.7 Å². The molecule has 11 heteroatoms. The molecule has 8 rings (SSSR count). The van der Waals surface area contributed by atoms with Crippen molar-refractivity contribution in [3.63, 3.8) is 0 Å². The van der Waals surface area contributed by atoms with Gasteiger partial charge in [-0.2, -0.15) is 9.97 Å². The van der Waals surface area contributed by atoms with E-state index < -0.39 is 11.6 Å². The van der Waals surface area contributed by atoms with Crippen molar-refractivity contribution in [2.45, 2.75) is 70.4 Å². The van der Waals surface area contributed by atoms with E-state index in [1.807, 2.05) is 13.8 Å². The van der Waals surface area contributed by atoms with E-state index in [0.29, 0.717) is 40.7 Å². The number of piperazine rings is 1. The molecule has 3 fully saturated rings. The van der Waals surface area contributed by atoms with Gasteiger partial charge in [0.15, 0.2) is 5.82 Å². The molecular weight excluding hydrogens is 586 g/mol. The molecule has 0 aliphatic carbocycles. The van der Waals surface area contributed by atoms with E-state index in [0.717, 1.165) is 71.2 Å². The van der Waals surface area contributed by atoms with Gasteiger partial charge >= 0.3 is 6.01 Å². The number of terminal acetylenes is 1. The minimum atomic E-state index is -0.683. The van der Waals surface area contributed by atoms with Crippen molar-refractivity contribution in [2.24, 2.45) is 0 Å². The molecule has 3 N–H and O–H groups in total. The fraction of sp³-hybridized carbons (Fsp3) is 0.486. The van der Waals surface area contributed by atoms with Crippen LogP contribution in [0.25, 0.3) is 33.1 Å². The maximum absolute atomic E-state index is 17.0. The average Bonchev–Trinajstić information content (AvgIpc) is 3.65. The molecule has 240 valence electrons. The molecule has 7 heterocycles.